The third kappa shape index (κ3) is 3.63. The van der Waals surface area contributed by atoms with Crippen LogP contribution in [0, 0.1) is 5.82 Å². The highest BCUT2D eigenvalue weighted by atomic mass is 35.5. The summed E-state index contributed by atoms with van der Waals surface area (Å²) in [4.78, 5) is 13.8. The van der Waals surface area contributed by atoms with Crippen molar-refractivity contribution in [1.29, 1.82) is 0 Å². The molecule has 27 heavy (non-hydrogen) atoms. The topological polar surface area (TPSA) is 46.9 Å². The van der Waals surface area contributed by atoms with Crippen molar-refractivity contribution in [1.82, 2.24) is 9.78 Å². The first-order chi connectivity index (χ1) is 13.1. The third-order valence-corrected chi connectivity index (χ3v) is 5.02. The molecule has 2 aromatic heterocycles. The normalized spacial score (nSPS) is 10.7. The molecule has 0 aliphatic heterocycles. The molecule has 0 unspecified atom stereocenters. The Balaban J connectivity index is 1.78. The maximum atomic E-state index is 13.9. The van der Waals surface area contributed by atoms with Gasteiger partial charge in [0.15, 0.2) is 0 Å². The first-order valence-electron chi connectivity index (χ1n) is 8.07. The van der Waals surface area contributed by atoms with Crippen LogP contribution >= 0.6 is 22.9 Å². The number of amides is 1. The molecule has 0 aliphatic rings. The van der Waals surface area contributed by atoms with Crippen LogP contribution in [0.25, 0.3) is 16.3 Å². The van der Waals surface area contributed by atoms with Crippen LogP contribution in [0.3, 0.4) is 0 Å². The summed E-state index contributed by atoms with van der Waals surface area (Å²) in [5.74, 6) is -0.964. The standard InChI is InChI=1S/C20H13ClFN3OS/c21-13-5-3-6-14(11-13)25-18(12-17(24-25)19-9-4-10-27-19)20(26)23-16-8-2-1-7-15(16)22/h1-12H,(H,23,26). The van der Waals surface area contributed by atoms with E-state index >= 15 is 0 Å². The van der Waals surface area contributed by atoms with Gasteiger partial charge in [0, 0.05) is 5.02 Å². The number of anilines is 1. The van der Waals surface area contributed by atoms with E-state index in [1.807, 2.05) is 17.5 Å². The van der Waals surface area contributed by atoms with Gasteiger partial charge in [-0.05, 0) is 47.8 Å². The van der Waals surface area contributed by atoms with E-state index in [9.17, 15) is 9.18 Å². The number of benzene rings is 2. The summed E-state index contributed by atoms with van der Waals surface area (Å²) in [6.07, 6.45) is 0. The molecule has 0 atom stereocenters. The molecule has 134 valence electrons. The molecule has 7 heteroatoms. The number of carbonyl (C=O) groups is 1. The van der Waals surface area contributed by atoms with Crippen molar-refractivity contribution in [2.45, 2.75) is 0 Å². The van der Waals surface area contributed by atoms with Crippen molar-refractivity contribution in [2.24, 2.45) is 0 Å². The highest BCUT2D eigenvalue weighted by molar-refractivity contribution is 7.13. The Kier molecular flexibility index (Phi) is 4.75. The van der Waals surface area contributed by atoms with E-state index in [1.165, 1.54) is 28.2 Å². The highest BCUT2D eigenvalue weighted by Gasteiger charge is 2.19. The molecule has 4 aromatic rings. The zero-order valence-electron chi connectivity index (χ0n) is 13.9. The molecule has 0 radical (unpaired) electrons. The van der Waals surface area contributed by atoms with Gasteiger partial charge in [0.2, 0.25) is 0 Å². The SMILES string of the molecule is O=C(Nc1ccccc1F)c1cc(-c2cccs2)nn1-c1cccc(Cl)c1. The molecule has 0 spiro atoms. The molecule has 4 rings (SSSR count). The number of nitrogens with one attached hydrogen (secondary N) is 1. The Bertz CT molecular complexity index is 1110. The predicted octanol–water partition coefficient (Wildman–Crippen LogP) is 5.65. The number of halogens is 2. The Labute approximate surface area is 163 Å². The van der Waals surface area contributed by atoms with E-state index < -0.39 is 11.7 Å². The number of hydrogen-bond donors (Lipinski definition) is 1. The molecule has 0 aliphatic carbocycles. The molecule has 0 bridgehead atoms. The minimum absolute atomic E-state index is 0.110. The summed E-state index contributed by atoms with van der Waals surface area (Å²) in [5.41, 5.74) is 1.69. The van der Waals surface area contributed by atoms with Gasteiger partial charge in [0.25, 0.3) is 5.91 Å². The van der Waals surface area contributed by atoms with Gasteiger partial charge < -0.3 is 5.32 Å². The Morgan fingerprint density at radius 3 is 2.67 bits per heavy atom. The fourth-order valence-corrected chi connectivity index (χ4v) is 3.51. The zero-order chi connectivity index (χ0) is 18.8. The van der Waals surface area contributed by atoms with Crippen LogP contribution in [-0.2, 0) is 0 Å². The summed E-state index contributed by atoms with van der Waals surface area (Å²) >= 11 is 7.62. The zero-order valence-corrected chi connectivity index (χ0v) is 15.5. The monoisotopic (exact) mass is 397 g/mol. The number of carbonyl (C=O) groups excluding carboxylic acids is 1. The van der Waals surface area contributed by atoms with Gasteiger partial charge in [0.1, 0.15) is 17.2 Å². The van der Waals surface area contributed by atoms with Crippen LogP contribution in [-0.4, -0.2) is 15.7 Å². The number of para-hydroxylation sites is 1. The van der Waals surface area contributed by atoms with E-state index in [0.717, 1.165) is 4.88 Å². The lowest BCUT2D eigenvalue weighted by Gasteiger charge is -2.09. The minimum atomic E-state index is -0.502. The van der Waals surface area contributed by atoms with Crippen LogP contribution < -0.4 is 5.32 Å². The summed E-state index contributed by atoms with van der Waals surface area (Å²) in [6.45, 7) is 0. The second-order valence-electron chi connectivity index (χ2n) is 5.72. The van der Waals surface area contributed by atoms with Gasteiger partial charge >= 0.3 is 0 Å². The van der Waals surface area contributed by atoms with Gasteiger partial charge in [-0.2, -0.15) is 5.10 Å². The maximum Gasteiger partial charge on any atom is 0.274 e. The quantitative estimate of drug-likeness (QED) is 0.484. The summed E-state index contributed by atoms with van der Waals surface area (Å²) in [6, 6.07) is 18.6. The van der Waals surface area contributed by atoms with Crippen molar-refractivity contribution in [2.75, 3.05) is 5.32 Å². The molecule has 1 N–H and O–H groups in total. The molecular formula is C20H13ClFN3OS. The fourth-order valence-electron chi connectivity index (χ4n) is 2.64. The lowest BCUT2D eigenvalue weighted by Crippen LogP contribution is -2.17. The summed E-state index contributed by atoms with van der Waals surface area (Å²) in [7, 11) is 0. The van der Waals surface area contributed by atoms with Gasteiger partial charge in [-0.1, -0.05) is 35.9 Å². The highest BCUT2D eigenvalue weighted by Crippen LogP contribution is 2.27. The van der Waals surface area contributed by atoms with E-state index in [1.54, 1.807) is 42.5 Å². The van der Waals surface area contributed by atoms with Gasteiger partial charge in [-0.3, -0.25) is 4.79 Å². The smallest absolute Gasteiger partial charge is 0.274 e. The summed E-state index contributed by atoms with van der Waals surface area (Å²) in [5, 5.41) is 9.63. The second kappa shape index (κ2) is 7.34. The van der Waals surface area contributed by atoms with E-state index in [2.05, 4.69) is 10.4 Å². The molecule has 0 saturated heterocycles. The minimum Gasteiger partial charge on any atom is -0.318 e. The van der Waals surface area contributed by atoms with E-state index in [-0.39, 0.29) is 11.4 Å². The molecule has 0 saturated carbocycles. The summed E-state index contributed by atoms with van der Waals surface area (Å²) < 4.78 is 15.4. The third-order valence-electron chi connectivity index (χ3n) is 3.89. The number of hydrogen-bond acceptors (Lipinski definition) is 3. The van der Waals surface area contributed by atoms with Crippen molar-refractivity contribution in [3.63, 3.8) is 0 Å². The van der Waals surface area contributed by atoms with Gasteiger partial charge in [-0.15, -0.1) is 11.3 Å². The molecule has 4 nitrogen and oxygen atoms in total. The van der Waals surface area contributed by atoms with Crippen LogP contribution in [0.5, 0.6) is 0 Å². The maximum absolute atomic E-state index is 13.9. The second-order valence-corrected chi connectivity index (χ2v) is 7.10. The average Bonchev–Trinajstić information content (AvgIpc) is 3.33. The van der Waals surface area contributed by atoms with Gasteiger partial charge in [-0.25, -0.2) is 9.07 Å². The molecule has 2 heterocycles. The lowest BCUT2D eigenvalue weighted by atomic mass is 10.2. The van der Waals surface area contributed by atoms with Crippen molar-refractivity contribution >= 4 is 34.5 Å². The Morgan fingerprint density at radius 2 is 1.93 bits per heavy atom. The Morgan fingerprint density at radius 1 is 1.07 bits per heavy atom. The van der Waals surface area contributed by atoms with Crippen LogP contribution in [0.4, 0.5) is 10.1 Å². The Hall–Kier alpha value is -2.96. The van der Waals surface area contributed by atoms with Gasteiger partial charge in [0.05, 0.1) is 16.3 Å². The lowest BCUT2D eigenvalue weighted by molar-refractivity contribution is 0.101. The number of thiophene rings is 1. The van der Waals surface area contributed by atoms with Crippen LogP contribution in [0.2, 0.25) is 5.02 Å². The van der Waals surface area contributed by atoms with Crippen LogP contribution in [0.1, 0.15) is 10.5 Å². The number of rotatable bonds is 4. The first kappa shape index (κ1) is 17.5. The van der Waals surface area contributed by atoms with Crippen molar-refractivity contribution in [3.05, 3.63) is 88.6 Å². The first-order valence-corrected chi connectivity index (χ1v) is 9.33. The van der Waals surface area contributed by atoms with E-state index in [0.29, 0.717) is 16.4 Å². The number of nitrogens with zero attached hydrogens (tertiary/aromatic N) is 2. The fraction of sp³-hybridized carbons (Fsp3) is 0. The van der Waals surface area contributed by atoms with E-state index in [4.69, 9.17) is 11.6 Å². The average molecular weight is 398 g/mol. The van der Waals surface area contributed by atoms with Crippen molar-refractivity contribution < 1.29 is 9.18 Å². The van der Waals surface area contributed by atoms with Crippen LogP contribution in [0.15, 0.2) is 72.1 Å². The predicted molar refractivity (Wildman–Crippen MR) is 106 cm³/mol. The molecule has 2 aromatic carbocycles. The number of aromatic nitrogens is 2. The molecular weight excluding hydrogens is 385 g/mol. The largest absolute Gasteiger partial charge is 0.318 e. The van der Waals surface area contributed by atoms with Crippen molar-refractivity contribution in [3.8, 4) is 16.3 Å². The molecule has 0 fully saturated rings. The molecule has 1 amide bonds.